The lowest BCUT2D eigenvalue weighted by Gasteiger charge is -2.30. The van der Waals surface area contributed by atoms with Crippen LogP contribution in [0, 0.1) is 13.8 Å². The van der Waals surface area contributed by atoms with Gasteiger partial charge in [0.05, 0.1) is 7.11 Å². The SMILES string of the molecule is COc1c(C)cc(C)c2c1C(N)C(C)(c1ccccc1)C2.Cl. The lowest BCUT2D eigenvalue weighted by atomic mass is 9.76. The summed E-state index contributed by atoms with van der Waals surface area (Å²) in [7, 11) is 1.74. The van der Waals surface area contributed by atoms with Crippen LogP contribution in [0.2, 0.25) is 0 Å². The van der Waals surface area contributed by atoms with Crippen LogP contribution < -0.4 is 10.5 Å². The Kier molecular flexibility index (Phi) is 4.55. The third-order valence-corrected chi connectivity index (χ3v) is 5.02. The summed E-state index contributed by atoms with van der Waals surface area (Å²) in [6, 6.07) is 12.8. The molecular weight excluding hydrogens is 294 g/mol. The Morgan fingerprint density at radius 3 is 2.36 bits per heavy atom. The molecule has 0 aromatic heterocycles. The average Bonchev–Trinajstić information content (AvgIpc) is 2.75. The fourth-order valence-electron chi connectivity index (χ4n) is 3.77. The first-order chi connectivity index (χ1) is 9.99. The molecule has 22 heavy (non-hydrogen) atoms. The number of methoxy groups -OCH3 is 1. The molecule has 2 aromatic carbocycles. The lowest BCUT2D eigenvalue weighted by Crippen LogP contribution is -2.32. The quantitative estimate of drug-likeness (QED) is 0.898. The highest BCUT2D eigenvalue weighted by molar-refractivity contribution is 5.85. The molecule has 2 nitrogen and oxygen atoms in total. The molecule has 0 heterocycles. The summed E-state index contributed by atoms with van der Waals surface area (Å²) in [6.45, 7) is 6.53. The van der Waals surface area contributed by atoms with Crippen molar-refractivity contribution in [1.29, 1.82) is 0 Å². The van der Waals surface area contributed by atoms with Crippen molar-refractivity contribution in [3.05, 3.63) is 64.2 Å². The van der Waals surface area contributed by atoms with E-state index in [1.807, 2.05) is 0 Å². The summed E-state index contributed by atoms with van der Waals surface area (Å²) < 4.78 is 5.66. The molecule has 0 spiro atoms. The Hall–Kier alpha value is -1.51. The van der Waals surface area contributed by atoms with Crippen molar-refractivity contribution in [2.75, 3.05) is 7.11 Å². The second-order valence-electron chi connectivity index (χ2n) is 6.37. The van der Waals surface area contributed by atoms with Crippen molar-refractivity contribution in [3.63, 3.8) is 0 Å². The fourth-order valence-corrected chi connectivity index (χ4v) is 3.77. The van der Waals surface area contributed by atoms with E-state index >= 15 is 0 Å². The van der Waals surface area contributed by atoms with Crippen LogP contribution in [0.1, 0.15) is 40.8 Å². The molecule has 2 aromatic rings. The van der Waals surface area contributed by atoms with Crippen molar-refractivity contribution >= 4 is 12.4 Å². The maximum Gasteiger partial charge on any atom is 0.126 e. The van der Waals surface area contributed by atoms with Crippen molar-refractivity contribution in [1.82, 2.24) is 0 Å². The van der Waals surface area contributed by atoms with Gasteiger partial charge in [-0.2, -0.15) is 0 Å². The second kappa shape index (κ2) is 5.94. The minimum absolute atomic E-state index is 0. The second-order valence-corrected chi connectivity index (χ2v) is 6.37. The zero-order valence-electron chi connectivity index (χ0n) is 13.6. The molecule has 2 N–H and O–H groups in total. The molecule has 0 aliphatic heterocycles. The maximum absolute atomic E-state index is 6.69. The Balaban J connectivity index is 0.00000176. The summed E-state index contributed by atoms with van der Waals surface area (Å²) in [5.41, 5.74) is 13.0. The van der Waals surface area contributed by atoms with Gasteiger partial charge in [-0.05, 0) is 42.5 Å². The van der Waals surface area contributed by atoms with E-state index < -0.39 is 0 Å². The molecule has 0 saturated carbocycles. The van der Waals surface area contributed by atoms with Crippen molar-refractivity contribution in [3.8, 4) is 5.75 Å². The van der Waals surface area contributed by atoms with Gasteiger partial charge in [-0.15, -0.1) is 12.4 Å². The summed E-state index contributed by atoms with van der Waals surface area (Å²) >= 11 is 0. The molecule has 0 bridgehead atoms. The molecule has 0 radical (unpaired) electrons. The van der Waals surface area contributed by atoms with Gasteiger partial charge in [-0.1, -0.05) is 43.3 Å². The smallest absolute Gasteiger partial charge is 0.126 e. The van der Waals surface area contributed by atoms with Crippen LogP contribution in [0.5, 0.6) is 5.75 Å². The number of ether oxygens (including phenoxy) is 1. The van der Waals surface area contributed by atoms with Gasteiger partial charge in [0.25, 0.3) is 0 Å². The number of halogens is 1. The van der Waals surface area contributed by atoms with E-state index in [0.29, 0.717) is 0 Å². The molecule has 118 valence electrons. The van der Waals surface area contributed by atoms with E-state index in [1.54, 1.807) is 7.11 Å². The molecule has 2 atom stereocenters. The van der Waals surface area contributed by atoms with Crippen molar-refractivity contribution < 1.29 is 4.74 Å². The van der Waals surface area contributed by atoms with Crippen LogP contribution in [0.4, 0.5) is 0 Å². The monoisotopic (exact) mass is 317 g/mol. The average molecular weight is 318 g/mol. The first-order valence-electron chi connectivity index (χ1n) is 7.47. The van der Waals surface area contributed by atoms with Crippen LogP contribution >= 0.6 is 12.4 Å². The molecule has 0 fully saturated rings. The van der Waals surface area contributed by atoms with Crippen LogP contribution in [-0.4, -0.2) is 7.11 Å². The highest BCUT2D eigenvalue weighted by Crippen LogP contribution is 2.51. The van der Waals surface area contributed by atoms with Gasteiger partial charge in [0, 0.05) is 17.0 Å². The van der Waals surface area contributed by atoms with Gasteiger partial charge in [-0.25, -0.2) is 0 Å². The topological polar surface area (TPSA) is 35.2 Å². The summed E-state index contributed by atoms with van der Waals surface area (Å²) in [5.74, 6) is 0.961. The lowest BCUT2D eigenvalue weighted by molar-refractivity contribution is 0.381. The van der Waals surface area contributed by atoms with E-state index in [4.69, 9.17) is 10.5 Å². The molecule has 1 aliphatic carbocycles. The molecule has 0 amide bonds. The minimum atomic E-state index is -0.0740. The number of rotatable bonds is 2. The fraction of sp³-hybridized carbons (Fsp3) is 0.368. The highest BCUT2D eigenvalue weighted by atomic mass is 35.5. The van der Waals surface area contributed by atoms with E-state index in [1.165, 1.54) is 27.8 Å². The normalized spacial score (nSPS) is 22.9. The predicted octanol–water partition coefficient (Wildman–Crippen LogP) is 4.25. The third-order valence-electron chi connectivity index (χ3n) is 5.02. The standard InChI is InChI=1S/C19H23NO.ClH/c1-12-10-13(2)17(21-4)16-15(12)11-19(3,18(16)20)14-8-6-5-7-9-14;/h5-10,18H,11,20H2,1-4H3;1H. The number of aryl methyl sites for hydroxylation is 2. The molecular formula is C19H24ClNO. The molecule has 0 saturated heterocycles. The van der Waals surface area contributed by atoms with Gasteiger partial charge in [0.1, 0.15) is 5.75 Å². The number of fused-ring (bicyclic) bond motifs is 1. The zero-order chi connectivity index (χ0) is 15.2. The maximum atomic E-state index is 6.69. The number of hydrogen-bond donors (Lipinski definition) is 1. The van der Waals surface area contributed by atoms with E-state index in [2.05, 4.69) is 57.2 Å². The number of benzene rings is 2. The first kappa shape index (κ1) is 16.9. The molecule has 3 heteroatoms. The Morgan fingerprint density at radius 2 is 1.77 bits per heavy atom. The van der Waals surface area contributed by atoms with Crippen LogP contribution in [0.15, 0.2) is 36.4 Å². The minimum Gasteiger partial charge on any atom is -0.496 e. The Labute approximate surface area is 139 Å². The number of hydrogen-bond acceptors (Lipinski definition) is 2. The van der Waals surface area contributed by atoms with E-state index in [0.717, 1.165) is 12.2 Å². The highest BCUT2D eigenvalue weighted by Gasteiger charge is 2.44. The summed E-state index contributed by atoms with van der Waals surface area (Å²) in [5, 5.41) is 0. The Morgan fingerprint density at radius 1 is 1.14 bits per heavy atom. The zero-order valence-corrected chi connectivity index (χ0v) is 14.5. The predicted molar refractivity (Wildman–Crippen MR) is 94.1 cm³/mol. The molecule has 3 rings (SSSR count). The largest absolute Gasteiger partial charge is 0.496 e. The third kappa shape index (κ3) is 2.31. The van der Waals surface area contributed by atoms with Gasteiger partial charge in [0.15, 0.2) is 0 Å². The Bertz CT molecular complexity index is 684. The van der Waals surface area contributed by atoms with E-state index in [9.17, 15) is 0 Å². The van der Waals surface area contributed by atoms with Gasteiger partial charge >= 0.3 is 0 Å². The van der Waals surface area contributed by atoms with Crippen LogP contribution in [-0.2, 0) is 11.8 Å². The van der Waals surface area contributed by atoms with Gasteiger partial charge in [-0.3, -0.25) is 0 Å². The summed E-state index contributed by atoms with van der Waals surface area (Å²) in [6.07, 6.45) is 0.968. The van der Waals surface area contributed by atoms with Gasteiger partial charge < -0.3 is 10.5 Å². The van der Waals surface area contributed by atoms with Gasteiger partial charge in [0.2, 0.25) is 0 Å². The summed E-state index contributed by atoms with van der Waals surface area (Å²) in [4.78, 5) is 0. The first-order valence-corrected chi connectivity index (χ1v) is 7.47. The molecule has 2 unspecified atom stereocenters. The van der Waals surface area contributed by atoms with E-state index in [-0.39, 0.29) is 23.9 Å². The van der Waals surface area contributed by atoms with Crippen molar-refractivity contribution in [2.24, 2.45) is 5.73 Å². The molecule has 1 aliphatic rings. The number of nitrogens with two attached hydrogens (primary N) is 1. The van der Waals surface area contributed by atoms with Crippen LogP contribution in [0.25, 0.3) is 0 Å². The van der Waals surface area contributed by atoms with Crippen LogP contribution in [0.3, 0.4) is 0 Å². The van der Waals surface area contributed by atoms with Crippen molar-refractivity contribution in [2.45, 2.75) is 38.6 Å².